The molecule has 6 unspecified atom stereocenters. The van der Waals surface area contributed by atoms with Gasteiger partial charge < -0.3 is 25.2 Å². The van der Waals surface area contributed by atoms with E-state index in [9.17, 15) is 10.2 Å². The molecule has 4 rings (SSSR count). The summed E-state index contributed by atoms with van der Waals surface area (Å²) in [5.74, 6) is 0.969. The molecule has 0 radical (unpaired) electrons. The summed E-state index contributed by atoms with van der Waals surface area (Å²) < 4.78 is 11.8. The molecule has 4 bridgehead atoms. The summed E-state index contributed by atoms with van der Waals surface area (Å²) in [7, 11) is 0. The number of fused-ring (bicyclic) bond motifs is 4. The molecule has 6 atom stereocenters. The van der Waals surface area contributed by atoms with E-state index < -0.39 is 12.2 Å². The second kappa shape index (κ2) is 10.3. The van der Waals surface area contributed by atoms with Crippen LogP contribution in [0.3, 0.4) is 0 Å². The minimum atomic E-state index is -0.492. The third-order valence-corrected chi connectivity index (χ3v) is 7.49. The summed E-state index contributed by atoms with van der Waals surface area (Å²) in [6.45, 7) is 12.6. The van der Waals surface area contributed by atoms with Gasteiger partial charge in [-0.25, -0.2) is 0 Å². The second-order valence-electron chi connectivity index (χ2n) is 9.65. The molecule has 5 nitrogen and oxygen atoms in total. The molecule has 7 heteroatoms. The molecule has 148 valence electrons. The second-order valence-corrected chi connectivity index (χ2v) is 9.65. The van der Waals surface area contributed by atoms with Crippen LogP contribution in [0.25, 0.3) is 0 Å². The minimum Gasteiger partial charge on any atom is -0.850 e. The van der Waals surface area contributed by atoms with Gasteiger partial charge in [-0.05, 0) is 64.2 Å². The molecule has 4 heterocycles. The van der Waals surface area contributed by atoms with Gasteiger partial charge in [-0.15, -0.1) is 0 Å². The van der Waals surface area contributed by atoms with Crippen molar-refractivity contribution in [2.75, 3.05) is 0 Å². The van der Waals surface area contributed by atoms with E-state index in [0.717, 1.165) is 38.5 Å². The third-order valence-electron chi connectivity index (χ3n) is 7.49. The molecule has 27 heavy (non-hydrogen) atoms. The molecule has 0 saturated carbocycles. The molecule has 0 aromatic carbocycles. The van der Waals surface area contributed by atoms with Gasteiger partial charge in [0.15, 0.2) is 0 Å². The van der Waals surface area contributed by atoms with Crippen molar-refractivity contribution >= 4 is 0 Å². The van der Waals surface area contributed by atoms with E-state index in [0.29, 0.717) is 11.8 Å². The summed E-state index contributed by atoms with van der Waals surface area (Å²) in [4.78, 5) is 0. The number of hydrogen-bond donors (Lipinski definition) is 0. The van der Waals surface area contributed by atoms with Crippen LogP contribution in [0.2, 0.25) is 0 Å². The van der Waals surface area contributed by atoms with Crippen LogP contribution in [0.15, 0.2) is 0 Å². The Morgan fingerprint density at radius 2 is 1.00 bits per heavy atom. The maximum atomic E-state index is 11.6. The summed E-state index contributed by atoms with van der Waals surface area (Å²) in [5.41, 5.74) is -0.823. The van der Waals surface area contributed by atoms with Gasteiger partial charge in [0.1, 0.15) is 0 Å². The molecule has 4 aliphatic heterocycles. The monoisotopic (exact) mass is 434 g/mol. The first-order chi connectivity index (χ1) is 11.0. The molecular formula is C20H36K2O5. The zero-order valence-electron chi connectivity index (χ0n) is 18.7. The molecule has 0 aliphatic carbocycles. The Bertz CT molecular complexity index is 461. The summed E-state index contributed by atoms with van der Waals surface area (Å²) in [5, 5.41) is 23.3. The largest absolute Gasteiger partial charge is 1.00 e. The van der Waals surface area contributed by atoms with Crippen LogP contribution in [-0.2, 0) is 9.47 Å². The normalized spacial score (nSPS) is 46.4. The van der Waals surface area contributed by atoms with Crippen LogP contribution in [0.4, 0.5) is 0 Å². The Balaban J connectivity index is 0.000000451. The average molecular weight is 435 g/mol. The Morgan fingerprint density at radius 1 is 0.704 bits per heavy atom. The van der Waals surface area contributed by atoms with Crippen LogP contribution in [0.1, 0.15) is 80.1 Å². The van der Waals surface area contributed by atoms with Gasteiger partial charge in [0.2, 0.25) is 0 Å². The van der Waals surface area contributed by atoms with Crippen LogP contribution >= 0.6 is 0 Å². The Morgan fingerprint density at radius 3 is 1.11 bits per heavy atom. The van der Waals surface area contributed by atoms with E-state index in [-0.39, 0.29) is 131 Å². The van der Waals surface area contributed by atoms with Gasteiger partial charge in [-0.1, -0.05) is 39.9 Å². The molecule has 0 amide bonds. The van der Waals surface area contributed by atoms with Gasteiger partial charge in [0, 0.05) is 0 Å². The van der Waals surface area contributed by atoms with Gasteiger partial charge in [0.25, 0.3) is 0 Å². The van der Waals surface area contributed by atoms with E-state index in [1.807, 2.05) is 13.8 Å². The fourth-order valence-electron chi connectivity index (χ4n) is 5.14. The fraction of sp³-hybridized carbons (Fsp3) is 1.00. The van der Waals surface area contributed by atoms with Crippen molar-refractivity contribution in [3.05, 3.63) is 0 Å². The van der Waals surface area contributed by atoms with E-state index in [2.05, 4.69) is 27.7 Å². The van der Waals surface area contributed by atoms with Crippen molar-refractivity contribution in [1.29, 1.82) is 0 Å². The zero-order chi connectivity index (χ0) is 18.0. The van der Waals surface area contributed by atoms with Crippen LogP contribution in [-0.4, -0.2) is 40.1 Å². The molecule has 0 aromatic heterocycles. The van der Waals surface area contributed by atoms with Crippen LogP contribution in [0, 0.1) is 11.8 Å². The first-order valence-electron chi connectivity index (χ1n) is 9.69. The third kappa shape index (κ3) is 5.36. The van der Waals surface area contributed by atoms with Crippen molar-refractivity contribution in [2.24, 2.45) is 11.8 Å². The van der Waals surface area contributed by atoms with Crippen molar-refractivity contribution in [3.63, 3.8) is 0 Å². The maximum Gasteiger partial charge on any atom is 1.00 e. The Hall–Kier alpha value is 3.07. The van der Waals surface area contributed by atoms with Gasteiger partial charge >= 0.3 is 103 Å². The number of rotatable bonds is 2. The maximum absolute atomic E-state index is 11.6. The van der Waals surface area contributed by atoms with Crippen molar-refractivity contribution in [1.82, 2.24) is 0 Å². The van der Waals surface area contributed by atoms with Crippen molar-refractivity contribution in [2.45, 2.75) is 115 Å². The van der Waals surface area contributed by atoms with Crippen LogP contribution < -0.4 is 113 Å². The summed E-state index contributed by atoms with van der Waals surface area (Å²) >= 11 is 0. The van der Waals surface area contributed by atoms with Crippen LogP contribution in [0.5, 0.6) is 0 Å². The van der Waals surface area contributed by atoms with Gasteiger partial charge in [-0.3, -0.25) is 0 Å². The van der Waals surface area contributed by atoms with Gasteiger partial charge in [-0.2, -0.15) is 0 Å². The van der Waals surface area contributed by atoms with E-state index in [1.165, 1.54) is 0 Å². The SMILES string of the molecule is CC(C)C12CCC(C)(O1)C([O-])C2.CC(C)C12CCC(C)(O1)C([O-])C2.O.[K+].[K+]. The fourth-order valence-corrected chi connectivity index (χ4v) is 5.14. The smallest absolute Gasteiger partial charge is 0.850 e. The average Bonchev–Trinajstić information content (AvgIpc) is 3.14. The summed E-state index contributed by atoms with van der Waals surface area (Å²) in [6, 6.07) is 0. The predicted octanol–water partition coefficient (Wildman–Crippen LogP) is -4.65. The van der Waals surface area contributed by atoms with Crippen molar-refractivity contribution in [3.8, 4) is 0 Å². The predicted molar refractivity (Wildman–Crippen MR) is 93.0 cm³/mol. The molecule has 2 N–H and O–H groups in total. The molecule has 4 saturated heterocycles. The van der Waals surface area contributed by atoms with E-state index >= 15 is 0 Å². The molecule has 0 spiro atoms. The Labute approximate surface area is 250 Å². The van der Waals surface area contributed by atoms with E-state index in [4.69, 9.17) is 9.47 Å². The standard InChI is InChI=1S/2C10H17O2.2K.H2O/c2*1-7(2)10-5-4-9(3,12-10)8(11)6-10;;;/h2*7-8H,4-6H2,1-3H3;;;1H2/q2*-1;2*+1;. The van der Waals surface area contributed by atoms with E-state index in [1.54, 1.807) is 0 Å². The molecule has 0 aromatic rings. The zero-order valence-corrected chi connectivity index (χ0v) is 24.9. The minimum absolute atomic E-state index is 0. The summed E-state index contributed by atoms with van der Waals surface area (Å²) in [6.07, 6.45) is 4.54. The first kappa shape index (κ1) is 30.1. The topological polar surface area (TPSA) is 96.1 Å². The number of hydrogen-bond acceptors (Lipinski definition) is 4. The first-order valence-corrected chi connectivity index (χ1v) is 9.69. The van der Waals surface area contributed by atoms with Gasteiger partial charge in [0.05, 0.1) is 22.4 Å². The van der Waals surface area contributed by atoms with Crippen molar-refractivity contribution < 1.29 is 128 Å². The quantitative estimate of drug-likeness (QED) is 0.408. The molecular weight excluding hydrogens is 398 g/mol. The Kier molecular flexibility index (Phi) is 11.5. The molecule has 4 aliphatic rings. The number of ether oxygens (including phenoxy) is 2. The molecule has 4 fully saturated rings.